The third kappa shape index (κ3) is 5.38. The van der Waals surface area contributed by atoms with Gasteiger partial charge in [0.25, 0.3) is 0 Å². The average molecular weight is 416 g/mol. The minimum atomic E-state index is -0.466. The Labute approximate surface area is 176 Å². The highest BCUT2D eigenvalue weighted by Gasteiger charge is 2.23. The first-order valence-corrected chi connectivity index (χ1v) is 11.1. The van der Waals surface area contributed by atoms with Crippen molar-refractivity contribution in [2.75, 3.05) is 0 Å². The third-order valence-electron chi connectivity index (χ3n) is 5.25. The van der Waals surface area contributed by atoms with Gasteiger partial charge in [0, 0.05) is 18.2 Å². The quantitative estimate of drug-likeness (QED) is 0.698. The van der Waals surface area contributed by atoms with Crippen molar-refractivity contribution in [3.8, 4) is 11.4 Å². The van der Waals surface area contributed by atoms with Crippen LogP contribution in [0.5, 0.6) is 0 Å². The first-order chi connectivity index (χ1) is 14.0. The molecule has 3 rings (SSSR count). The topological polar surface area (TPSA) is 88.9 Å². The summed E-state index contributed by atoms with van der Waals surface area (Å²) in [5.41, 5.74) is 2.15. The number of carbonyl (C=O) groups excluding carboxylic acids is 2. The molecule has 8 heteroatoms. The number of carbonyl (C=O) groups is 2. The Balaban J connectivity index is 1.62. The number of aryl methyl sites for hydroxylation is 1. The number of nitrogens with zero attached hydrogens (tertiary/aromatic N) is 3. The van der Waals surface area contributed by atoms with Crippen molar-refractivity contribution in [2.45, 2.75) is 75.9 Å². The largest absolute Gasteiger partial charge is 0.335 e. The van der Waals surface area contributed by atoms with Crippen LogP contribution in [0.3, 0.4) is 0 Å². The van der Waals surface area contributed by atoms with Gasteiger partial charge in [0.05, 0.1) is 5.25 Å². The molecule has 1 aromatic heterocycles. The van der Waals surface area contributed by atoms with Crippen LogP contribution in [0.4, 0.5) is 4.79 Å². The zero-order valence-electron chi connectivity index (χ0n) is 17.3. The van der Waals surface area contributed by atoms with Crippen molar-refractivity contribution >= 4 is 23.7 Å². The Bertz CT molecular complexity index is 861. The van der Waals surface area contributed by atoms with Crippen LogP contribution in [-0.4, -0.2) is 38.0 Å². The van der Waals surface area contributed by atoms with E-state index in [1.807, 2.05) is 42.7 Å². The summed E-state index contributed by atoms with van der Waals surface area (Å²) >= 11 is 1.31. The van der Waals surface area contributed by atoms with E-state index in [-0.39, 0.29) is 11.9 Å². The summed E-state index contributed by atoms with van der Waals surface area (Å²) in [6.45, 7) is 6.53. The standard InChI is InChI=1S/C21H29N5O2S/c1-4-26-18(17-13-9-8-10-14(17)2)24-25-21(26)29-15(3)19(27)23-20(28)22-16-11-6-5-7-12-16/h8-10,13,15-16H,4-7,11-12H2,1-3H3,(H2,22,23,27,28)/t15-/m1/s1. The highest BCUT2D eigenvalue weighted by Crippen LogP contribution is 2.28. The van der Waals surface area contributed by atoms with E-state index in [2.05, 4.69) is 20.8 Å². The second-order valence-corrected chi connectivity index (χ2v) is 8.73. The monoisotopic (exact) mass is 415 g/mol. The lowest BCUT2D eigenvalue weighted by Gasteiger charge is -2.23. The molecule has 0 unspecified atom stereocenters. The molecule has 3 amide bonds. The molecule has 1 aliphatic rings. The second-order valence-electron chi connectivity index (χ2n) is 7.42. The summed E-state index contributed by atoms with van der Waals surface area (Å²) in [5, 5.41) is 14.2. The van der Waals surface area contributed by atoms with E-state index in [9.17, 15) is 9.59 Å². The molecule has 7 nitrogen and oxygen atoms in total. The molecule has 0 spiro atoms. The van der Waals surface area contributed by atoms with Crippen molar-refractivity contribution in [3.63, 3.8) is 0 Å². The lowest BCUT2D eigenvalue weighted by molar-refractivity contribution is -0.119. The van der Waals surface area contributed by atoms with E-state index < -0.39 is 11.3 Å². The normalized spacial score (nSPS) is 15.7. The molecule has 0 bridgehead atoms. The van der Waals surface area contributed by atoms with Gasteiger partial charge < -0.3 is 9.88 Å². The van der Waals surface area contributed by atoms with Gasteiger partial charge in [-0.05, 0) is 39.2 Å². The zero-order valence-corrected chi connectivity index (χ0v) is 18.1. The fraction of sp³-hybridized carbons (Fsp3) is 0.524. The maximum atomic E-state index is 12.5. The van der Waals surface area contributed by atoms with E-state index in [4.69, 9.17) is 0 Å². The van der Waals surface area contributed by atoms with Crippen molar-refractivity contribution in [1.82, 2.24) is 25.4 Å². The predicted molar refractivity (Wildman–Crippen MR) is 115 cm³/mol. The SMILES string of the molecule is CCn1c(S[C@H](C)C(=O)NC(=O)NC2CCCCC2)nnc1-c1ccccc1C. The van der Waals surface area contributed by atoms with Crippen LogP contribution in [0.25, 0.3) is 11.4 Å². The van der Waals surface area contributed by atoms with E-state index in [0.717, 1.165) is 42.6 Å². The van der Waals surface area contributed by atoms with Crippen molar-refractivity contribution in [2.24, 2.45) is 0 Å². The minimum Gasteiger partial charge on any atom is -0.335 e. The fourth-order valence-corrected chi connectivity index (χ4v) is 4.49. The van der Waals surface area contributed by atoms with Crippen LogP contribution in [0.15, 0.2) is 29.4 Å². The van der Waals surface area contributed by atoms with Crippen molar-refractivity contribution < 1.29 is 9.59 Å². The first kappa shape index (κ1) is 21.4. The summed E-state index contributed by atoms with van der Waals surface area (Å²) in [6, 6.07) is 7.78. The van der Waals surface area contributed by atoms with Gasteiger partial charge in [0.1, 0.15) is 0 Å². The van der Waals surface area contributed by atoms with Gasteiger partial charge in [-0.15, -0.1) is 10.2 Å². The third-order valence-corrected chi connectivity index (χ3v) is 6.33. The molecule has 0 saturated heterocycles. The number of nitrogens with one attached hydrogen (secondary N) is 2. The Hall–Kier alpha value is -2.35. The molecule has 1 atom stereocenters. The smallest absolute Gasteiger partial charge is 0.321 e. The van der Waals surface area contributed by atoms with E-state index in [0.29, 0.717) is 11.7 Å². The van der Waals surface area contributed by atoms with E-state index in [1.54, 1.807) is 6.92 Å². The van der Waals surface area contributed by atoms with Crippen LogP contribution in [0.1, 0.15) is 51.5 Å². The Morgan fingerprint density at radius 3 is 2.62 bits per heavy atom. The summed E-state index contributed by atoms with van der Waals surface area (Å²) in [5.74, 6) is 0.460. The number of hydrogen-bond acceptors (Lipinski definition) is 5. The number of aromatic nitrogens is 3. The van der Waals surface area contributed by atoms with Crippen LogP contribution in [0.2, 0.25) is 0 Å². The zero-order chi connectivity index (χ0) is 20.8. The van der Waals surface area contributed by atoms with Crippen LogP contribution >= 0.6 is 11.8 Å². The molecule has 1 fully saturated rings. The van der Waals surface area contributed by atoms with Crippen LogP contribution in [0, 0.1) is 6.92 Å². The van der Waals surface area contributed by atoms with E-state index >= 15 is 0 Å². The number of imide groups is 1. The molecule has 0 aliphatic heterocycles. The van der Waals surface area contributed by atoms with Gasteiger partial charge in [-0.1, -0.05) is 55.3 Å². The summed E-state index contributed by atoms with van der Waals surface area (Å²) < 4.78 is 2.00. The molecule has 1 aromatic carbocycles. The highest BCUT2D eigenvalue weighted by molar-refractivity contribution is 8.00. The summed E-state index contributed by atoms with van der Waals surface area (Å²) in [4.78, 5) is 24.6. The number of amides is 3. The van der Waals surface area contributed by atoms with Crippen molar-refractivity contribution in [1.29, 1.82) is 0 Å². The predicted octanol–water partition coefficient (Wildman–Crippen LogP) is 3.91. The minimum absolute atomic E-state index is 0.166. The fourth-order valence-electron chi connectivity index (χ4n) is 3.58. The molecule has 1 heterocycles. The summed E-state index contributed by atoms with van der Waals surface area (Å²) in [6.07, 6.45) is 5.43. The second kappa shape index (κ2) is 9.91. The molecular formula is C21H29N5O2S. The lowest BCUT2D eigenvalue weighted by Crippen LogP contribution is -2.47. The Morgan fingerprint density at radius 1 is 1.21 bits per heavy atom. The van der Waals surface area contributed by atoms with Gasteiger partial charge in [-0.25, -0.2) is 4.79 Å². The van der Waals surface area contributed by atoms with Gasteiger partial charge in [0.15, 0.2) is 11.0 Å². The molecule has 2 N–H and O–H groups in total. The van der Waals surface area contributed by atoms with Gasteiger partial charge in [-0.3, -0.25) is 10.1 Å². The van der Waals surface area contributed by atoms with Crippen LogP contribution < -0.4 is 10.6 Å². The van der Waals surface area contributed by atoms with Gasteiger partial charge >= 0.3 is 6.03 Å². The molecule has 156 valence electrons. The summed E-state index contributed by atoms with van der Waals surface area (Å²) in [7, 11) is 0. The maximum Gasteiger partial charge on any atom is 0.321 e. The molecular weight excluding hydrogens is 386 g/mol. The molecule has 1 aliphatic carbocycles. The Morgan fingerprint density at radius 2 is 1.93 bits per heavy atom. The Kier molecular flexibility index (Phi) is 7.30. The number of benzene rings is 1. The number of urea groups is 1. The highest BCUT2D eigenvalue weighted by atomic mass is 32.2. The average Bonchev–Trinajstić information content (AvgIpc) is 3.11. The molecule has 2 aromatic rings. The molecule has 29 heavy (non-hydrogen) atoms. The maximum absolute atomic E-state index is 12.5. The number of thioether (sulfide) groups is 1. The molecule has 1 saturated carbocycles. The van der Waals surface area contributed by atoms with Gasteiger partial charge in [-0.2, -0.15) is 0 Å². The van der Waals surface area contributed by atoms with E-state index in [1.165, 1.54) is 18.2 Å². The number of rotatable bonds is 6. The lowest BCUT2D eigenvalue weighted by atomic mass is 9.96. The number of hydrogen-bond donors (Lipinski definition) is 2. The first-order valence-electron chi connectivity index (χ1n) is 10.3. The van der Waals surface area contributed by atoms with Crippen LogP contribution in [-0.2, 0) is 11.3 Å². The van der Waals surface area contributed by atoms with Crippen molar-refractivity contribution in [3.05, 3.63) is 29.8 Å². The van der Waals surface area contributed by atoms with Gasteiger partial charge in [0.2, 0.25) is 5.91 Å². The molecule has 0 radical (unpaired) electrons.